The third-order valence-electron chi connectivity index (χ3n) is 2.60. The van der Waals surface area contributed by atoms with Crippen molar-refractivity contribution in [2.75, 3.05) is 14.1 Å². The summed E-state index contributed by atoms with van der Waals surface area (Å²) >= 11 is 1.41. The zero-order valence-electron chi connectivity index (χ0n) is 11.3. The standard InChI is InChI=1S/C12H18N6S/c1-7-8(5-18(2)3)4-9(15-7)10-6-19-12(16-10)17-11(13)14/h4,6,15H,5H2,1-3H3,(H4,13,14,16,17). The molecule has 2 aromatic heterocycles. The molecular formula is C12H18N6S. The number of aromatic amines is 1. The molecule has 0 spiro atoms. The van der Waals surface area contributed by atoms with E-state index in [1.807, 2.05) is 19.5 Å². The maximum Gasteiger partial charge on any atom is 0.212 e. The van der Waals surface area contributed by atoms with Gasteiger partial charge in [0.1, 0.15) is 0 Å². The number of H-pyrrole nitrogens is 1. The molecule has 0 aromatic carbocycles. The van der Waals surface area contributed by atoms with Crippen LogP contribution >= 0.6 is 11.3 Å². The first-order chi connectivity index (χ1) is 8.95. The molecule has 2 rings (SSSR count). The molecule has 0 fully saturated rings. The molecule has 0 saturated heterocycles. The van der Waals surface area contributed by atoms with Crippen molar-refractivity contribution in [2.45, 2.75) is 13.5 Å². The molecule has 19 heavy (non-hydrogen) atoms. The van der Waals surface area contributed by atoms with Crippen molar-refractivity contribution >= 4 is 22.4 Å². The molecule has 2 aromatic rings. The van der Waals surface area contributed by atoms with E-state index < -0.39 is 0 Å². The number of aliphatic imine (C=N–C) groups is 1. The molecule has 7 heteroatoms. The molecule has 5 N–H and O–H groups in total. The Kier molecular flexibility index (Phi) is 3.87. The summed E-state index contributed by atoms with van der Waals surface area (Å²) in [5.41, 5.74) is 14.9. The van der Waals surface area contributed by atoms with Gasteiger partial charge in [-0.25, -0.2) is 4.98 Å². The molecule has 0 aliphatic rings. The van der Waals surface area contributed by atoms with Gasteiger partial charge in [-0.3, -0.25) is 0 Å². The minimum absolute atomic E-state index is 0.0249. The van der Waals surface area contributed by atoms with E-state index in [2.05, 4.69) is 32.9 Å². The van der Waals surface area contributed by atoms with E-state index in [9.17, 15) is 0 Å². The van der Waals surface area contributed by atoms with Crippen LogP contribution in [0.25, 0.3) is 11.4 Å². The molecule has 0 radical (unpaired) electrons. The van der Waals surface area contributed by atoms with E-state index in [1.165, 1.54) is 16.9 Å². The Labute approximate surface area is 116 Å². The van der Waals surface area contributed by atoms with E-state index in [-0.39, 0.29) is 5.96 Å². The van der Waals surface area contributed by atoms with Gasteiger partial charge in [0, 0.05) is 17.6 Å². The first-order valence-electron chi connectivity index (χ1n) is 5.84. The highest BCUT2D eigenvalue weighted by molar-refractivity contribution is 7.13. The highest BCUT2D eigenvalue weighted by Crippen LogP contribution is 2.27. The highest BCUT2D eigenvalue weighted by atomic mass is 32.1. The number of hydrogen-bond acceptors (Lipinski definition) is 4. The lowest BCUT2D eigenvalue weighted by Crippen LogP contribution is -2.21. The van der Waals surface area contributed by atoms with Crippen molar-refractivity contribution < 1.29 is 0 Å². The first kappa shape index (κ1) is 13.6. The number of aryl methyl sites for hydroxylation is 1. The summed E-state index contributed by atoms with van der Waals surface area (Å²) in [6.45, 7) is 2.96. The second kappa shape index (κ2) is 5.41. The number of nitrogens with one attached hydrogen (secondary N) is 1. The van der Waals surface area contributed by atoms with E-state index in [0.717, 1.165) is 23.6 Å². The second-order valence-electron chi connectivity index (χ2n) is 4.62. The molecule has 0 aliphatic heterocycles. The van der Waals surface area contributed by atoms with Crippen molar-refractivity contribution in [2.24, 2.45) is 16.5 Å². The number of hydrogen-bond donors (Lipinski definition) is 3. The summed E-state index contributed by atoms with van der Waals surface area (Å²) < 4.78 is 0. The highest BCUT2D eigenvalue weighted by Gasteiger charge is 2.10. The maximum atomic E-state index is 5.34. The van der Waals surface area contributed by atoms with Crippen LogP contribution < -0.4 is 11.5 Å². The van der Waals surface area contributed by atoms with Crippen LogP contribution in [0.15, 0.2) is 16.4 Å². The number of aromatic nitrogens is 2. The van der Waals surface area contributed by atoms with E-state index in [0.29, 0.717) is 5.13 Å². The van der Waals surface area contributed by atoms with E-state index >= 15 is 0 Å². The fourth-order valence-electron chi connectivity index (χ4n) is 1.79. The molecule has 6 nitrogen and oxygen atoms in total. The molecule has 2 heterocycles. The number of rotatable bonds is 4. The topological polar surface area (TPSA) is 96.3 Å². The van der Waals surface area contributed by atoms with Gasteiger partial charge in [-0.05, 0) is 32.6 Å². The van der Waals surface area contributed by atoms with Gasteiger partial charge >= 0.3 is 0 Å². The molecule has 0 atom stereocenters. The summed E-state index contributed by atoms with van der Waals surface area (Å²) in [6.07, 6.45) is 0. The molecule has 0 unspecified atom stereocenters. The lowest BCUT2D eigenvalue weighted by atomic mass is 10.2. The Balaban J connectivity index is 2.27. The SMILES string of the molecule is Cc1[nH]c(-c2csc(N=C(N)N)n2)cc1CN(C)C. The molecule has 0 amide bonds. The van der Waals surface area contributed by atoms with Crippen LogP contribution in [0.1, 0.15) is 11.3 Å². The predicted octanol–water partition coefficient (Wildman–Crippen LogP) is 1.41. The fraction of sp³-hybridized carbons (Fsp3) is 0.333. The number of nitrogens with two attached hydrogens (primary N) is 2. The summed E-state index contributed by atoms with van der Waals surface area (Å²) in [6, 6.07) is 2.11. The van der Waals surface area contributed by atoms with Gasteiger partial charge in [-0.15, -0.1) is 11.3 Å². The zero-order valence-corrected chi connectivity index (χ0v) is 12.1. The Morgan fingerprint density at radius 3 is 2.84 bits per heavy atom. The molecular weight excluding hydrogens is 260 g/mol. The Morgan fingerprint density at radius 2 is 2.21 bits per heavy atom. The number of nitrogens with zero attached hydrogens (tertiary/aromatic N) is 3. The van der Waals surface area contributed by atoms with Crippen LogP contribution in [-0.4, -0.2) is 34.9 Å². The van der Waals surface area contributed by atoms with Gasteiger partial charge in [0.2, 0.25) is 5.13 Å². The largest absolute Gasteiger partial charge is 0.370 e. The number of thiazole rings is 1. The Morgan fingerprint density at radius 1 is 1.47 bits per heavy atom. The van der Waals surface area contributed by atoms with Crippen molar-refractivity contribution in [3.05, 3.63) is 22.7 Å². The normalized spacial score (nSPS) is 10.9. The Bertz CT molecular complexity index is 591. The minimum atomic E-state index is 0.0249. The van der Waals surface area contributed by atoms with Gasteiger partial charge in [0.05, 0.1) is 11.4 Å². The van der Waals surface area contributed by atoms with Gasteiger partial charge in [0.25, 0.3) is 0 Å². The third-order valence-corrected chi connectivity index (χ3v) is 3.34. The maximum absolute atomic E-state index is 5.34. The van der Waals surface area contributed by atoms with Crippen molar-refractivity contribution in [3.8, 4) is 11.4 Å². The van der Waals surface area contributed by atoms with Crippen LogP contribution in [0, 0.1) is 6.92 Å². The van der Waals surface area contributed by atoms with Crippen LogP contribution in [0.3, 0.4) is 0 Å². The first-order valence-corrected chi connectivity index (χ1v) is 6.72. The molecule has 102 valence electrons. The van der Waals surface area contributed by atoms with E-state index in [1.54, 1.807) is 0 Å². The number of guanidine groups is 1. The third kappa shape index (κ3) is 3.33. The summed E-state index contributed by atoms with van der Waals surface area (Å²) in [4.78, 5) is 13.8. The fourth-order valence-corrected chi connectivity index (χ4v) is 2.50. The molecule has 0 aliphatic carbocycles. The predicted molar refractivity (Wildman–Crippen MR) is 79.5 cm³/mol. The molecule has 0 saturated carbocycles. The van der Waals surface area contributed by atoms with Crippen LogP contribution in [0.2, 0.25) is 0 Å². The average molecular weight is 278 g/mol. The van der Waals surface area contributed by atoms with Crippen LogP contribution in [0.5, 0.6) is 0 Å². The molecule has 0 bridgehead atoms. The van der Waals surface area contributed by atoms with Crippen molar-refractivity contribution in [1.82, 2.24) is 14.9 Å². The van der Waals surface area contributed by atoms with Gasteiger partial charge in [-0.1, -0.05) is 0 Å². The summed E-state index contributed by atoms with van der Waals surface area (Å²) in [5.74, 6) is 0.0249. The van der Waals surface area contributed by atoms with Crippen molar-refractivity contribution in [1.29, 1.82) is 0 Å². The summed E-state index contributed by atoms with van der Waals surface area (Å²) in [7, 11) is 4.09. The van der Waals surface area contributed by atoms with Gasteiger partial charge in [0.15, 0.2) is 5.96 Å². The lowest BCUT2D eigenvalue weighted by Gasteiger charge is -2.07. The van der Waals surface area contributed by atoms with Crippen LogP contribution in [0.4, 0.5) is 5.13 Å². The quantitative estimate of drug-likeness (QED) is 0.582. The monoisotopic (exact) mass is 278 g/mol. The van der Waals surface area contributed by atoms with Gasteiger partial charge in [-0.2, -0.15) is 4.99 Å². The Hall–Kier alpha value is -1.86. The lowest BCUT2D eigenvalue weighted by molar-refractivity contribution is 0.401. The average Bonchev–Trinajstić information content (AvgIpc) is 2.85. The van der Waals surface area contributed by atoms with E-state index in [4.69, 9.17) is 11.5 Å². The van der Waals surface area contributed by atoms with Gasteiger partial charge < -0.3 is 21.4 Å². The minimum Gasteiger partial charge on any atom is -0.370 e. The second-order valence-corrected chi connectivity index (χ2v) is 5.46. The smallest absolute Gasteiger partial charge is 0.212 e. The summed E-state index contributed by atoms with van der Waals surface area (Å²) in [5, 5.41) is 2.50. The van der Waals surface area contributed by atoms with Crippen LogP contribution in [-0.2, 0) is 6.54 Å². The zero-order chi connectivity index (χ0) is 14.0. The van der Waals surface area contributed by atoms with Crippen molar-refractivity contribution in [3.63, 3.8) is 0 Å².